The zero-order valence-electron chi connectivity index (χ0n) is 30.6. The molecule has 0 heteroatoms. The van der Waals surface area contributed by atoms with E-state index in [9.17, 15) is 0 Å². The number of benzene rings is 12. The molecule has 12 rings (SSSR count). The van der Waals surface area contributed by atoms with Crippen LogP contribution < -0.4 is 0 Å². The van der Waals surface area contributed by atoms with E-state index in [0.717, 1.165) is 0 Å². The van der Waals surface area contributed by atoms with Crippen molar-refractivity contribution in [2.45, 2.75) is 0 Å². The Morgan fingerprint density at radius 1 is 0.179 bits per heavy atom. The van der Waals surface area contributed by atoms with Gasteiger partial charge < -0.3 is 0 Å². The average Bonchev–Trinajstić information content (AvgIpc) is 3.27. The van der Waals surface area contributed by atoms with Gasteiger partial charge in [-0.15, -0.1) is 0 Å². The summed E-state index contributed by atoms with van der Waals surface area (Å²) in [5, 5.41) is 15.6. The summed E-state index contributed by atoms with van der Waals surface area (Å²) in [5.74, 6) is 0. The van der Waals surface area contributed by atoms with Gasteiger partial charge in [0.15, 0.2) is 0 Å². The highest BCUT2D eigenvalue weighted by Gasteiger charge is 2.18. The van der Waals surface area contributed by atoms with E-state index in [0.29, 0.717) is 0 Å². The van der Waals surface area contributed by atoms with Crippen molar-refractivity contribution in [3.05, 3.63) is 206 Å². The van der Waals surface area contributed by atoms with Crippen molar-refractivity contribution in [1.82, 2.24) is 0 Å². The Labute approximate surface area is 325 Å². The van der Waals surface area contributed by atoms with Crippen LogP contribution in [0.25, 0.3) is 120 Å². The molecule has 0 bridgehead atoms. The Balaban J connectivity index is 1.05. The molecule has 0 N–H and O–H groups in total. The van der Waals surface area contributed by atoms with Crippen molar-refractivity contribution < 1.29 is 0 Å². The maximum absolute atomic E-state index is 2.42. The van der Waals surface area contributed by atoms with Crippen LogP contribution in [0.4, 0.5) is 0 Å². The van der Waals surface area contributed by atoms with Gasteiger partial charge in [0.05, 0.1) is 0 Å². The molecule has 0 fully saturated rings. The fraction of sp³-hybridized carbons (Fsp3) is 0. The largest absolute Gasteiger partial charge is 0.0622 e. The van der Waals surface area contributed by atoms with Gasteiger partial charge in [0.1, 0.15) is 0 Å². The maximum atomic E-state index is 2.42. The standard InChI is InChI=1S/C56H34/c1-3-10-35(11-4-1)44-31-45(36-12-5-2-6-13-36)33-46(32-44)48-27-25-43-34-52(49-19-9-16-39-24-29-51(48)56(43)55(39)49)42-18-8-17-41(30-42)47-26-22-40-21-20-37-14-7-15-38-23-28-50(47)54(40)53(37)38/h1-34H. The van der Waals surface area contributed by atoms with Gasteiger partial charge in [-0.05, 0) is 151 Å². The molecule has 0 amide bonds. The van der Waals surface area contributed by atoms with Crippen molar-refractivity contribution in [2.75, 3.05) is 0 Å². The zero-order chi connectivity index (χ0) is 36.7. The molecular formula is C56H34. The van der Waals surface area contributed by atoms with Crippen molar-refractivity contribution in [3.63, 3.8) is 0 Å². The monoisotopic (exact) mass is 706 g/mol. The Bertz CT molecular complexity index is 3370. The van der Waals surface area contributed by atoms with E-state index in [1.807, 2.05) is 0 Å². The van der Waals surface area contributed by atoms with Crippen molar-refractivity contribution >= 4 is 64.6 Å². The highest BCUT2D eigenvalue weighted by atomic mass is 14.2. The first-order valence-electron chi connectivity index (χ1n) is 19.5. The third-order valence-electron chi connectivity index (χ3n) is 12.1. The predicted octanol–water partition coefficient (Wildman–Crippen LogP) is 15.8. The fourth-order valence-electron chi connectivity index (χ4n) is 9.54. The quantitative estimate of drug-likeness (QED) is 0.156. The Morgan fingerprint density at radius 2 is 0.571 bits per heavy atom. The predicted molar refractivity (Wildman–Crippen MR) is 241 cm³/mol. The Kier molecular flexibility index (Phi) is 6.73. The van der Waals surface area contributed by atoms with Crippen LogP contribution in [0.2, 0.25) is 0 Å². The van der Waals surface area contributed by atoms with Crippen LogP contribution in [0.1, 0.15) is 0 Å². The highest BCUT2D eigenvalue weighted by Crippen LogP contribution is 2.46. The SMILES string of the molecule is c1ccc(-c2cc(-c3ccccc3)cc(-c3ccc4cc(-c5cccc(-c6ccc7ccc8cccc9ccc6c7c89)c5)c5cccc6ccc3c4c65)c2)cc1. The molecule has 56 heavy (non-hydrogen) atoms. The molecule has 0 unspecified atom stereocenters. The minimum atomic E-state index is 1.22. The molecule has 0 aliphatic heterocycles. The third-order valence-corrected chi connectivity index (χ3v) is 12.1. The molecule has 0 saturated heterocycles. The van der Waals surface area contributed by atoms with Gasteiger partial charge in [-0.2, -0.15) is 0 Å². The highest BCUT2D eigenvalue weighted by molar-refractivity contribution is 6.29. The first-order valence-corrected chi connectivity index (χ1v) is 19.5. The second-order valence-electron chi connectivity index (χ2n) is 15.2. The second-order valence-corrected chi connectivity index (χ2v) is 15.2. The van der Waals surface area contributed by atoms with Gasteiger partial charge >= 0.3 is 0 Å². The van der Waals surface area contributed by atoms with Crippen LogP contribution in [-0.2, 0) is 0 Å². The van der Waals surface area contributed by atoms with Gasteiger partial charge in [-0.25, -0.2) is 0 Å². The molecule has 0 radical (unpaired) electrons. The van der Waals surface area contributed by atoms with Crippen LogP contribution in [0.5, 0.6) is 0 Å². The van der Waals surface area contributed by atoms with E-state index in [-0.39, 0.29) is 0 Å². The second kappa shape index (κ2) is 12.1. The molecule has 0 aliphatic carbocycles. The summed E-state index contributed by atoms with van der Waals surface area (Å²) in [6, 6.07) is 76.7. The van der Waals surface area contributed by atoms with Crippen LogP contribution in [0.3, 0.4) is 0 Å². The van der Waals surface area contributed by atoms with Crippen LogP contribution in [-0.4, -0.2) is 0 Å². The van der Waals surface area contributed by atoms with Crippen LogP contribution in [0, 0.1) is 0 Å². The Morgan fingerprint density at radius 3 is 1.23 bits per heavy atom. The van der Waals surface area contributed by atoms with Crippen LogP contribution in [0.15, 0.2) is 206 Å². The molecule has 0 saturated carbocycles. The Hall–Kier alpha value is -7.28. The maximum Gasteiger partial charge on any atom is -0.00201 e. The van der Waals surface area contributed by atoms with Crippen molar-refractivity contribution in [3.8, 4) is 55.6 Å². The molecule has 0 aromatic heterocycles. The summed E-state index contributed by atoms with van der Waals surface area (Å²) in [7, 11) is 0. The van der Waals surface area contributed by atoms with Crippen molar-refractivity contribution in [2.24, 2.45) is 0 Å². The van der Waals surface area contributed by atoms with Gasteiger partial charge in [-0.1, -0.05) is 176 Å². The lowest BCUT2D eigenvalue weighted by molar-refractivity contribution is 1.58. The van der Waals surface area contributed by atoms with E-state index in [2.05, 4.69) is 206 Å². The fourth-order valence-corrected chi connectivity index (χ4v) is 9.54. The number of hydrogen-bond acceptors (Lipinski definition) is 0. The minimum absolute atomic E-state index is 1.22. The molecule has 12 aromatic rings. The summed E-state index contributed by atoms with van der Waals surface area (Å²) in [5.41, 5.74) is 12.4. The van der Waals surface area contributed by atoms with Crippen molar-refractivity contribution in [1.29, 1.82) is 0 Å². The van der Waals surface area contributed by atoms with Gasteiger partial charge in [0.25, 0.3) is 0 Å². The summed E-state index contributed by atoms with van der Waals surface area (Å²) in [6.07, 6.45) is 0. The van der Waals surface area contributed by atoms with Gasteiger partial charge in [0, 0.05) is 0 Å². The van der Waals surface area contributed by atoms with E-state index in [4.69, 9.17) is 0 Å². The summed E-state index contributed by atoms with van der Waals surface area (Å²) >= 11 is 0. The zero-order valence-corrected chi connectivity index (χ0v) is 30.6. The molecule has 258 valence electrons. The lowest BCUT2D eigenvalue weighted by Crippen LogP contribution is -1.92. The van der Waals surface area contributed by atoms with Gasteiger partial charge in [-0.3, -0.25) is 0 Å². The summed E-state index contributed by atoms with van der Waals surface area (Å²) in [6.45, 7) is 0. The third kappa shape index (κ3) is 4.73. The summed E-state index contributed by atoms with van der Waals surface area (Å²) < 4.78 is 0. The normalized spacial score (nSPS) is 11.9. The number of rotatable bonds is 5. The van der Waals surface area contributed by atoms with Gasteiger partial charge in [0.2, 0.25) is 0 Å². The number of hydrogen-bond donors (Lipinski definition) is 0. The van der Waals surface area contributed by atoms with E-state index in [1.165, 1.54) is 120 Å². The first-order chi connectivity index (χ1) is 27.7. The molecule has 0 spiro atoms. The van der Waals surface area contributed by atoms with Crippen LogP contribution >= 0.6 is 0 Å². The molecule has 0 aliphatic rings. The van der Waals surface area contributed by atoms with E-state index >= 15 is 0 Å². The lowest BCUT2D eigenvalue weighted by atomic mass is 9.85. The summed E-state index contributed by atoms with van der Waals surface area (Å²) in [4.78, 5) is 0. The smallest absolute Gasteiger partial charge is 0.00201 e. The van der Waals surface area contributed by atoms with E-state index < -0.39 is 0 Å². The first kappa shape index (κ1) is 31.1. The lowest BCUT2D eigenvalue weighted by Gasteiger charge is -2.19. The topological polar surface area (TPSA) is 0 Å². The van der Waals surface area contributed by atoms with E-state index in [1.54, 1.807) is 0 Å². The average molecular weight is 707 g/mol. The molecule has 12 aromatic carbocycles. The molecule has 0 atom stereocenters. The molecule has 0 nitrogen and oxygen atoms in total. The molecular weight excluding hydrogens is 673 g/mol. The minimum Gasteiger partial charge on any atom is -0.0622 e. The molecule has 0 heterocycles.